The molecule has 1 aromatic rings. The summed E-state index contributed by atoms with van der Waals surface area (Å²) in [4.78, 5) is 13.3. The lowest BCUT2D eigenvalue weighted by Gasteiger charge is -2.28. The lowest BCUT2D eigenvalue weighted by Crippen LogP contribution is -2.50. The number of nitrogens with one attached hydrogen (secondary N) is 1. The Hall–Kier alpha value is -1.59. The van der Waals surface area contributed by atoms with Crippen molar-refractivity contribution in [1.29, 1.82) is 0 Å². The van der Waals surface area contributed by atoms with Gasteiger partial charge in [-0.05, 0) is 29.5 Å². The fourth-order valence-electron chi connectivity index (χ4n) is 2.66. The molecule has 5 nitrogen and oxygen atoms in total. The van der Waals surface area contributed by atoms with E-state index in [4.69, 9.17) is 4.74 Å². The molecule has 1 amide bonds. The first-order valence-electron chi connectivity index (χ1n) is 8.17. The number of amides is 1. The Morgan fingerprint density at radius 3 is 2.74 bits per heavy atom. The third kappa shape index (κ3) is 5.22. The van der Waals surface area contributed by atoms with Gasteiger partial charge in [0.05, 0.1) is 6.54 Å². The van der Waals surface area contributed by atoms with Crippen molar-refractivity contribution in [2.45, 2.75) is 39.2 Å². The van der Waals surface area contributed by atoms with E-state index in [1.54, 1.807) is 0 Å². The van der Waals surface area contributed by atoms with Crippen molar-refractivity contribution < 1.29 is 14.6 Å². The molecule has 0 aromatic heterocycles. The Kier molecular flexibility index (Phi) is 5.65. The molecular weight excluding hydrogens is 292 g/mol. The predicted octanol–water partition coefficient (Wildman–Crippen LogP) is 1.46. The molecule has 0 unspecified atom stereocenters. The number of nitrogens with zero attached hydrogens (tertiary/aromatic N) is 1. The number of rotatable bonds is 5. The summed E-state index contributed by atoms with van der Waals surface area (Å²) in [6.45, 7) is 11.0. The number of piperazine rings is 1. The van der Waals surface area contributed by atoms with E-state index in [-0.39, 0.29) is 17.9 Å². The van der Waals surface area contributed by atoms with Gasteiger partial charge in [-0.25, -0.2) is 0 Å². The van der Waals surface area contributed by atoms with Gasteiger partial charge < -0.3 is 15.2 Å². The van der Waals surface area contributed by atoms with Crippen LogP contribution in [0.5, 0.6) is 5.75 Å². The SMILES string of the molecule is Cc1cc(C(C)(C)C)ccc1OC[C@H](O)CN1CCNC(=O)C1. The Labute approximate surface area is 138 Å². The minimum Gasteiger partial charge on any atom is -0.491 e. The van der Waals surface area contributed by atoms with Crippen LogP contribution in [0.2, 0.25) is 0 Å². The van der Waals surface area contributed by atoms with Gasteiger partial charge in [-0.3, -0.25) is 9.69 Å². The Bertz CT molecular complexity index is 552. The average molecular weight is 320 g/mol. The molecule has 1 fully saturated rings. The van der Waals surface area contributed by atoms with E-state index in [9.17, 15) is 9.90 Å². The average Bonchev–Trinajstić information content (AvgIpc) is 2.45. The van der Waals surface area contributed by atoms with Gasteiger partial charge in [-0.2, -0.15) is 0 Å². The summed E-state index contributed by atoms with van der Waals surface area (Å²) in [5.74, 6) is 0.811. The van der Waals surface area contributed by atoms with Gasteiger partial charge in [0, 0.05) is 19.6 Å². The molecule has 2 N–H and O–H groups in total. The highest BCUT2D eigenvalue weighted by Crippen LogP contribution is 2.27. The minimum atomic E-state index is -0.609. The first kappa shape index (κ1) is 17.8. The number of β-amino-alcohol motifs (C(OH)–C–C–N with tert-alkyl or cyclic N) is 1. The third-order valence-corrected chi connectivity index (χ3v) is 4.06. The van der Waals surface area contributed by atoms with Crippen molar-refractivity contribution >= 4 is 5.91 Å². The molecule has 1 aromatic carbocycles. The maximum atomic E-state index is 11.3. The van der Waals surface area contributed by atoms with Gasteiger partial charge in [-0.15, -0.1) is 0 Å². The number of aliphatic hydroxyl groups excluding tert-OH is 1. The highest BCUT2D eigenvalue weighted by Gasteiger charge is 2.19. The van der Waals surface area contributed by atoms with Crippen LogP contribution >= 0.6 is 0 Å². The quantitative estimate of drug-likeness (QED) is 0.862. The number of carbonyl (C=O) groups is 1. The maximum absolute atomic E-state index is 11.3. The number of hydrogen-bond donors (Lipinski definition) is 2. The van der Waals surface area contributed by atoms with Crippen LogP contribution in [0.25, 0.3) is 0 Å². The fraction of sp³-hybridized carbons (Fsp3) is 0.611. The lowest BCUT2D eigenvalue weighted by molar-refractivity contribution is -0.124. The normalized spacial score (nSPS) is 17.7. The minimum absolute atomic E-state index is 0.0120. The second-order valence-electron chi connectivity index (χ2n) is 7.28. The fourth-order valence-corrected chi connectivity index (χ4v) is 2.66. The molecule has 5 heteroatoms. The largest absolute Gasteiger partial charge is 0.491 e. The number of carbonyl (C=O) groups excluding carboxylic acids is 1. The van der Waals surface area contributed by atoms with Crippen LogP contribution in [0.4, 0.5) is 0 Å². The van der Waals surface area contributed by atoms with E-state index in [0.717, 1.165) is 17.9 Å². The molecule has 1 aliphatic heterocycles. The Morgan fingerprint density at radius 1 is 1.39 bits per heavy atom. The van der Waals surface area contributed by atoms with Crippen molar-refractivity contribution in [3.05, 3.63) is 29.3 Å². The van der Waals surface area contributed by atoms with Crippen molar-refractivity contribution in [1.82, 2.24) is 10.2 Å². The van der Waals surface area contributed by atoms with Gasteiger partial charge in [0.1, 0.15) is 18.5 Å². The van der Waals surface area contributed by atoms with Crippen LogP contribution < -0.4 is 10.1 Å². The summed E-state index contributed by atoms with van der Waals surface area (Å²) in [6, 6.07) is 6.18. The molecule has 1 atom stereocenters. The van der Waals surface area contributed by atoms with Crippen LogP contribution in [-0.4, -0.2) is 54.8 Å². The second-order valence-corrected chi connectivity index (χ2v) is 7.28. The van der Waals surface area contributed by atoms with Crippen molar-refractivity contribution in [2.75, 3.05) is 32.8 Å². The Morgan fingerprint density at radius 2 is 2.13 bits per heavy atom. The number of hydrogen-bond acceptors (Lipinski definition) is 4. The maximum Gasteiger partial charge on any atom is 0.234 e. The zero-order valence-electron chi connectivity index (χ0n) is 14.6. The van der Waals surface area contributed by atoms with E-state index < -0.39 is 6.10 Å². The first-order valence-corrected chi connectivity index (χ1v) is 8.17. The monoisotopic (exact) mass is 320 g/mol. The molecule has 0 aliphatic carbocycles. The molecule has 1 saturated heterocycles. The zero-order valence-corrected chi connectivity index (χ0v) is 14.6. The molecule has 2 rings (SSSR count). The summed E-state index contributed by atoms with van der Waals surface area (Å²) in [6.07, 6.45) is -0.609. The number of aliphatic hydroxyl groups is 1. The molecule has 1 aliphatic rings. The van der Waals surface area contributed by atoms with Crippen LogP contribution in [0, 0.1) is 6.92 Å². The predicted molar refractivity (Wildman–Crippen MR) is 90.8 cm³/mol. The Balaban J connectivity index is 1.86. The van der Waals surface area contributed by atoms with E-state index in [0.29, 0.717) is 19.6 Å². The molecule has 128 valence electrons. The summed E-state index contributed by atoms with van der Waals surface area (Å²) >= 11 is 0. The number of aryl methyl sites for hydroxylation is 1. The van der Waals surface area contributed by atoms with Gasteiger partial charge in [-0.1, -0.05) is 32.9 Å². The molecule has 1 heterocycles. The summed E-state index contributed by atoms with van der Waals surface area (Å²) in [7, 11) is 0. The number of benzene rings is 1. The topological polar surface area (TPSA) is 61.8 Å². The van der Waals surface area contributed by atoms with Crippen LogP contribution in [-0.2, 0) is 10.2 Å². The van der Waals surface area contributed by atoms with E-state index in [2.05, 4.69) is 38.2 Å². The lowest BCUT2D eigenvalue weighted by atomic mass is 9.86. The standard InChI is InChI=1S/C18H28N2O3/c1-13-9-14(18(2,3)4)5-6-16(13)23-12-15(21)10-20-8-7-19-17(22)11-20/h5-6,9,15,21H,7-8,10-12H2,1-4H3,(H,19,22)/t15-/m1/s1. The third-order valence-electron chi connectivity index (χ3n) is 4.06. The van der Waals surface area contributed by atoms with Gasteiger partial charge in [0.2, 0.25) is 5.91 Å². The molecular formula is C18H28N2O3. The highest BCUT2D eigenvalue weighted by atomic mass is 16.5. The summed E-state index contributed by atoms with van der Waals surface area (Å²) < 4.78 is 5.76. The molecule has 0 saturated carbocycles. The van der Waals surface area contributed by atoms with Crippen LogP contribution in [0.3, 0.4) is 0 Å². The van der Waals surface area contributed by atoms with Crippen LogP contribution in [0.1, 0.15) is 31.9 Å². The molecule has 0 bridgehead atoms. The van der Waals surface area contributed by atoms with Crippen molar-refractivity contribution in [3.63, 3.8) is 0 Å². The summed E-state index contributed by atoms with van der Waals surface area (Å²) in [5.41, 5.74) is 2.45. The smallest absolute Gasteiger partial charge is 0.234 e. The van der Waals surface area contributed by atoms with E-state index >= 15 is 0 Å². The highest BCUT2D eigenvalue weighted by molar-refractivity contribution is 5.78. The van der Waals surface area contributed by atoms with E-state index in [1.807, 2.05) is 17.9 Å². The van der Waals surface area contributed by atoms with Gasteiger partial charge >= 0.3 is 0 Å². The second kappa shape index (κ2) is 7.32. The molecule has 0 spiro atoms. The van der Waals surface area contributed by atoms with Crippen molar-refractivity contribution in [3.8, 4) is 5.75 Å². The van der Waals surface area contributed by atoms with Gasteiger partial charge in [0.15, 0.2) is 0 Å². The first-order chi connectivity index (χ1) is 10.8. The zero-order chi connectivity index (χ0) is 17.0. The molecule has 23 heavy (non-hydrogen) atoms. The van der Waals surface area contributed by atoms with Crippen molar-refractivity contribution in [2.24, 2.45) is 0 Å². The number of ether oxygens (including phenoxy) is 1. The molecule has 0 radical (unpaired) electrons. The van der Waals surface area contributed by atoms with Gasteiger partial charge in [0.25, 0.3) is 0 Å². The van der Waals surface area contributed by atoms with E-state index in [1.165, 1.54) is 5.56 Å². The summed E-state index contributed by atoms with van der Waals surface area (Å²) in [5, 5.41) is 12.9. The van der Waals surface area contributed by atoms with Crippen LogP contribution in [0.15, 0.2) is 18.2 Å².